The summed E-state index contributed by atoms with van der Waals surface area (Å²) in [5.41, 5.74) is 1.63. The quantitative estimate of drug-likeness (QED) is 0.768. The Morgan fingerprint density at radius 3 is 2.74 bits per heavy atom. The molecular formula is C19H26N4O3S. The van der Waals surface area contributed by atoms with E-state index in [1.165, 1.54) is 18.4 Å². The summed E-state index contributed by atoms with van der Waals surface area (Å²) in [4.78, 5) is 32.0. The lowest BCUT2D eigenvalue weighted by Gasteiger charge is -2.32. The normalized spacial score (nSPS) is 15.7. The number of carbonyl (C=O) groups is 2. The summed E-state index contributed by atoms with van der Waals surface area (Å²) in [7, 11) is 1.40. The third kappa shape index (κ3) is 4.56. The SMILES string of the molecule is CCc1nc(NC(=O)CN2CCC(n3cccc3C(=O)OC)CC2)sc1C. The van der Waals surface area contributed by atoms with Crippen molar-refractivity contribution in [1.29, 1.82) is 0 Å². The van der Waals surface area contributed by atoms with Gasteiger partial charge in [0.05, 0.1) is 19.3 Å². The highest BCUT2D eigenvalue weighted by molar-refractivity contribution is 7.15. The van der Waals surface area contributed by atoms with Gasteiger partial charge in [-0.2, -0.15) is 0 Å². The molecule has 3 rings (SSSR count). The molecule has 1 saturated heterocycles. The van der Waals surface area contributed by atoms with E-state index in [0.29, 0.717) is 17.4 Å². The van der Waals surface area contributed by atoms with Crippen LogP contribution in [0.5, 0.6) is 0 Å². The lowest BCUT2D eigenvalue weighted by molar-refractivity contribution is -0.117. The molecule has 1 N–H and O–H groups in total. The summed E-state index contributed by atoms with van der Waals surface area (Å²) in [5, 5.41) is 3.60. The monoisotopic (exact) mass is 390 g/mol. The molecule has 0 spiro atoms. The van der Waals surface area contributed by atoms with Crippen molar-refractivity contribution >= 4 is 28.3 Å². The summed E-state index contributed by atoms with van der Waals surface area (Å²) in [5.74, 6) is -0.340. The fraction of sp³-hybridized carbons (Fsp3) is 0.526. The average molecular weight is 391 g/mol. The van der Waals surface area contributed by atoms with E-state index in [1.807, 2.05) is 23.8 Å². The highest BCUT2D eigenvalue weighted by atomic mass is 32.1. The predicted molar refractivity (Wildman–Crippen MR) is 105 cm³/mol. The molecule has 8 heteroatoms. The number of esters is 1. The maximum Gasteiger partial charge on any atom is 0.354 e. The van der Waals surface area contributed by atoms with E-state index >= 15 is 0 Å². The molecule has 0 radical (unpaired) electrons. The minimum atomic E-state index is -0.313. The number of likely N-dealkylation sites (tertiary alicyclic amines) is 1. The van der Waals surface area contributed by atoms with Crippen molar-refractivity contribution in [1.82, 2.24) is 14.5 Å². The zero-order chi connectivity index (χ0) is 19.4. The van der Waals surface area contributed by atoms with Crippen molar-refractivity contribution in [3.8, 4) is 0 Å². The first kappa shape index (κ1) is 19.6. The van der Waals surface area contributed by atoms with E-state index < -0.39 is 0 Å². The average Bonchev–Trinajstić information content (AvgIpc) is 3.28. The number of hydrogen-bond acceptors (Lipinski definition) is 6. The minimum absolute atomic E-state index is 0.0268. The number of amides is 1. The van der Waals surface area contributed by atoms with Gasteiger partial charge in [-0.1, -0.05) is 6.92 Å². The van der Waals surface area contributed by atoms with E-state index in [4.69, 9.17) is 4.74 Å². The Morgan fingerprint density at radius 2 is 2.11 bits per heavy atom. The second-order valence-electron chi connectivity index (χ2n) is 6.72. The molecule has 2 aromatic heterocycles. The molecule has 0 unspecified atom stereocenters. The van der Waals surface area contributed by atoms with Gasteiger partial charge in [-0.15, -0.1) is 11.3 Å². The van der Waals surface area contributed by atoms with Crippen LogP contribution in [-0.2, 0) is 16.0 Å². The van der Waals surface area contributed by atoms with E-state index in [1.54, 1.807) is 6.07 Å². The topological polar surface area (TPSA) is 76.5 Å². The first-order valence-corrected chi connectivity index (χ1v) is 10.1. The van der Waals surface area contributed by atoms with E-state index in [9.17, 15) is 9.59 Å². The van der Waals surface area contributed by atoms with Crippen LogP contribution in [0, 0.1) is 6.92 Å². The molecule has 0 aliphatic carbocycles. The number of carbonyl (C=O) groups excluding carboxylic acids is 2. The van der Waals surface area contributed by atoms with Gasteiger partial charge in [0, 0.05) is 30.2 Å². The fourth-order valence-electron chi connectivity index (χ4n) is 3.52. The molecule has 2 aromatic rings. The first-order valence-electron chi connectivity index (χ1n) is 9.25. The number of hydrogen-bond donors (Lipinski definition) is 1. The predicted octanol–water partition coefficient (Wildman–Crippen LogP) is 2.88. The molecule has 1 aliphatic rings. The molecule has 146 valence electrons. The Hall–Kier alpha value is -2.19. The molecular weight excluding hydrogens is 364 g/mol. The second kappa shape index (κ2) is 8.67. The number of nitrogens with zero attached hydrogens (tertiary/aromatic N) is 3. The molecule has 0 atom stereocenters. The standard InChI is InChI=1S/C19H26N4O3S/c1-4-15-13(2)27-19(20-15)21-17(24)12-22-10-7-14(8-11-22)23-9-5-6-16(23)18(25)26-3/h5-6,9,14H,4,7-8,10-12H2,1-3H3,(H,20,21,24). The largest absolute Gasteiger partial charge is 0.464 e. The highest BCUT2D eigenvalue weighted by Crippen LogP contribution is 2.25. The Labute approximate surface area is 163 Å². The maximum absolute atomic E-state index is 12.3. The summed E-state index contributed by atoms with van der Waals surface area (Å²) < 4.78 is 6.84. The zero-order valence-electron chi connectivity index (χ0n) is 16.0. The van der Waals surface area contributed by atoms with Crippen LogP contribution in [0.1, 0.15) is 46.9 Å². The zero-order valence-corrected chi connectivity index (χ0v) is 16.8. The van der Waals surface area contributed by atoms with Crippen LogP contribution in [0.15, 0.2) is 18.3 Å². The van der Waals surface area contributed by atoms with Crippen molar-refractivity contribution < 1.29 is 14.3 Å². The lowest BCUT2D eigenvalue weighted by atomic mass is 10.0. The van der Waals surface area contributed by atoms with Gasteiger partial charge in [0.15, 0.2) is 5.13 Å². The molecule has 0 bridgehead atoms. The molecule has 1 fully saturated rings. The van der Waals surface area contributed by atoms with Gasteiger partial charge in [-0.05, 0) is 38.3 Å². The first-order chi connectivity index (χ1) is 13.0. The molecule has 0 aromatic carbocycles. The smallest absolute Gasteiger partial charge is 0.354 e. The number of aromatic nitrogens is 2. The molecule has 7 nitrogen and oxygen atoms in total. The molecule has 0 saturated carbocycles. The number of thiazole rings is 1. The Bertz CT molecular complexity index is 806. The number of methoxy groups -OCH3 is 1. The van der Waals surface area contributed by atoms with E-state index in [-0.39, 0.29) is 17.9 Å². The second-order valence-corrected chi connectivity index (χ2v) is 7.93. The van der Waals surface area contributed by atoms with Crippen LogP contribution in [0.3, 0.4) is 0 Å². The van der Waals surface area contributed by atoms with Crippen LogP contribution >= 0.6 is 11.3 Å². The Morgan fingerprint density at radius 1 is 1.37 bits per heavy atom. The van der Waals surface area contributed by atoms with Crippen molar-refractivity contribution in [3.63, 3.8) is 0 Å². The summed E-state index contributed by atoms with van der Waals surface area (Å²) in [6, 6.07) is 3.90. The number of anilines is 1. The number of ether oxygens (including phenoxy) is 1. The van der Waals surface area contributed by atoms with Crippen LogP contribution in [-0.4, -0.2) is 53.1 Å². The van der Waals surface area contributed by atoms with Gasteiger partial charge in [0.2, 0.25) is 5.91 Å². The van der Waals surface area contributed by atoms with Gasteiger partial charge >= 0.3 is 5.97 Å². The Balaban J connectivity index is 1.51. The number of aryl methyl sites for hydroxylation is 2. The third-order valence-corrected chi connectivity index (χ3v) is 5.89. The maximum atomic E-state index is 12.3. The summed E-state index contributed by atoms with van der Waals surface area (Å²) in [6.07, 6.45) is 4.58. The number of piperidine rings is 1. The minimum Gasteiger partial charge on any atom is -0.464 e. The van der Waals surface area contributed by atoms with E-state index in [2.05, 4.69) is 22.1 Å². The van der Waals surface area contributed by atoms with Crippen LogP contribution in [0.4, 0.5) is 5.13 Å². The van der Waals surface area contributed by atoms with Crippen molar-refractivity contribution in [2.75, 3.05) is 32.1 Å². The van der Waals surface area contributed by atoms with Crippen molar-refractivity contribution in [2.24, 2.45) is 0 Å². The molecule has 1 amide bonds. The lowest BCUT2D eigenvalue weighted by Crippen LogP contribution is -2.40. The van der Waals surface area contributed by atoms with Gasteiger partial charge in [0.25, 0.3) is 0 Å². The molecule has 3 heterocycles. The number of nitrogens with one attached hydrogen (secondary N) is 1. The van der Waals surface area contributed by atoms with Crippen molar-refractivity contribution in [3.05, 3.63) is 34.6 Å². The van der Waals surface area contributed by atoms with Crippen LogP contribution in [0.2, 0.25) is 0 Å². The molecule has 1 aliphatic heterocycles. The summed E-state index contributed by atoms with van der Waals surface area (Å²) >= 11 is 1.53. The van der Waals surface area contributed by atoms with Gasteiger partial charge in [-0.25, -0.2) is 9.78 Å². The van der Waals surface area contributed by atoms with Gasteiger partial charge < -0.3 is 14.6 Å². The number of rotatable bonds is 6. The highest BCUT2D eigenvalue weighted by Gasteiger charge is 2.25. The third-order valence-electron chi connectivity index (χ3n) is 4.97. The molecule has 27 heavy (non-hydrogen) atoms. The summed E-state index contributed by atoms with van der Waals surface area (Å²) in [6.45, 7) is 6.08. The van der Waals surface area contributed by atoms with Gasteiger partial charge in [-0.3, -0.25) is 9.69 Å². The van der Waals surface area contributed by atoms with Crippen LogP contribution < -0.4 is 5.32 Å². The Kier molecular flexibility index (Phi) is 6.28. The van der Waals surface area contributed by atoms with E-state index in [0.717, 1.165) is 42.9 Å². The fourth-order valence-corrected chi connectivity index (χ4v) is 4.44. The van der Waals surface area contributed by atoms with Crippen molar-refractivity contribution in [2.45, 2.75) is 39.2 Å². The van der Waals surface area contributed by atoms with Crippen LogP contribution in [0.25, 0.3) is 0 Å². The van der Waals surface area contributed by atoms with Gasteiger partial charge in [0.1, 0.15) is 5.69 Å².